The first kappa shape index (κ1) is 22.6. The standard InChI is InChI=1S/C22H30O7/c1-7-29-19(25)10-14(20-15(23)11-22(2,3)12-16(20)24)13-8-17(26-4)21(28-6)18(9-13)27-5/h8-9,14,23H,7,10-12H2,1-6H3. The van der Waals surface area contributed by atoms with Crippen molar-refractivity contribution in [1.82, 2.24) is 0 Å². The summed E-state index contributed by atoms with van der Waals surface area (Å²) in [5, 5.41) is 10.7. The molecule has 1 unspecified atom stereocenters. The first-order valence-corrected chi connectivity index (χ1v) is 9.58. The second kappa shape index (κ2) is 9.20. The van der Waals surface area contributed by atoms with E-state index in [1.165, 1.54) is 21.3 Å². The van der Waals surface area contributed by atoms with Crippen LogP contribution < -0.4 is 14.2 Å². The summed E-state index contributed by atoms with van der Waals surface area (Å²) in [5.41, 5.74) is 0.503. The molecule has 1 N–H and O–H groups in total. The second-order valence-electron chi connectivity index (χ2n) is 7.82. The van der Waals surface area contributed by atoms with Gasteiger partial charge in [0.25, 0.3) is 0 Å². The van der Waals surface area contributed by atoms with Gasteiger partial charge in [-0.05, 0) is 30.0 Å². The predicted octanol–water partition coefficient (Wildman–Crippen LogP) is 3.95. The van der Waals surface area contributed by atoms with Crippen molar-refractivity contribution in [3.63, 3.8) is 0 Å². The first-order valence-electron chi connectivity index (χ1n) is 9.58. The van der Waals surface area contributed by atoms with Crippen LogP contribution in [0.3, 0.4) is 0 Å². The zero-order valence-electron chi connectivity index (χ0n) is 18.0. The minimum absolute atomic E-state index is 0.00861. The Morgan fingerprint density at radius 1 is 1.10 bits per heavy atom. The second-order valence-corrected chi connectivity index (χ2v) is 7.82. The normalized spacial score (nSPS) is 17.0. The van der Waals surface area contributed by atoms with E-state index < -0.39 is 11.9 Å². The molecule has 0 saturated heterocycles. The zero-order valence-corrected chi connectivity index (χ0v) is 18.0. The van der Waals surface area contributed by atoms with Crippen LogP contribution in [0, 0.1) is 5.41 Å². The van der Waals surface area contributed by atoms with Gasteiger partial charge in [-0.1, -0.05) is 13.8 Å². The van der Waals surface area contributed by atoms with Crippen LogP contribution in [-0.2, 0) is 14.3 Å². The fourth-order valence-corrected chi connectivity index (χ4v) is 3.77. The molecule has 0 amide bonds. The Hall–Kier alpha value is -2.70. The van der Waals surface area contributed by atoms with E-state index in [-0.39, 0.29) is 42.0 Å². The lowest BCUT2D eigenvalue weighted by atomic mass is 9.72. The van der Waals surface area contributed by atoms with Crippen LogP contribution in [0.25, 0.3) is 0 Å². The van der Waals surface area contributed by atoms with E-state index in [0.717, 1.165) is 0 Å². The summed E-state index contributed by atoms with van der Waals surface area (Å²) in [6.07, 6.45) is 0.562. The van der Waals surface area contributed by atoms with Crippen molar-refractivity contribution >= 4 is 11.8 Å². The lowest BCUT2D eigenvalue weighted by Gasteiger charge is -2.32. The average molecular weight is 406 g/mol. The largest absolute Gasteiger partial charge is 0.512 e. The molecule has 160 valence electrons. The topological polar surface area (TPSA) is 91.3 Å². The molecule has 1 atom stereocenters. The highest BCUT2D eigenvalue weighted by molar-refractivity contribution is 5.99. The van der Waals surface area contributed by atoms with E-state index in [2.05, 4.69) is 0 Å². The van der Waals surface area contributed by atoms with Crippen molar-refractivity contribution in [3.8, 4) is 17.2 Å². The number of carbonyl (C=O) groups excluding carboxylic acids is 2. The number of allylic oxidation sites excluding steroid dienone is 2. The summed E-state index contributed by atoms with van der Waals surface area (Å²) in [4.78, 5) is 25.3. The van der Waals surface area contributed by atoms with Crippen LogP contribution in [0.5, 0.6) is 17.2 Å². The number of esters is 1. The summed E-state index contributed by atoms with van der Waals surface area (Å²) in [7, 11) is 4.48. The lowest BCUT2D eigenvalue weighted by Crippen LogP contribution is -2.29. The van der Waals surface area contributed by atoms with Crippen LogP contribution in [-0.4, -0.2) is 44.8 Å². The van der Waals surface area contributed by atoms with Gasteiger partial charge in [0.1, 0.15) is 5.76 Å². The molecule has 2 rings (SSSR count). The van der Waals surface area contributed by atoms with Crippen molar-refractivity contribution < 1.29 is 33.6 Å². The van der Waals surface area contributed by atoms with Crippen LogP contribution in [0.2, 0.25) is 0 Å². The smallest absolute Gasteiger partial charge is 0.306 e. The molecule has 1 aliphatic carbocycles. The van der Waals surface area contributed by atoms with Gasteiger partial charge in [0.05, 0.1) is 34.4 Å². The minimum Gasteiger partial charge on any atom is -0.512 e. The van der Waals surface area contributed by atoms with E-state index in [4.69, 9.17) is 18.9 Å². The van der Waals surface area contributed by atoms with Gasteiger partial charge < -0.3 is 24.1 Å². The van der Waals surface area contributed by atoms with Gasteiger partial charge in [-0.25, -0.2) is 0 Å². The highest BCUT2D eigenvalue weighted by atomic mass is 16.5. The summed E-state index contributed by atoms with van der Waals surface area (Å²) in [5.74, 6) is -0.103. The summed E-state index contributed by atoms with van der Waals surface area (Å²) >= 11 is 0. The summed E-state index contributed by atoms with van der Waals surface area (Å²) in [6.45, 7) is 5.81. The number of ketones is 1. The van der Waals surface area contributed by atoms with Crippen LogP contribution in [0.15, 0.2) is 23.5 Å². The molecule has 0 spiro atoms. The first-order chi connectivity index (χ1) is 13.7. The SMILES string of the molecule is CCOC(=O)CC(C1=C(O)CC(C)(C)CC1=O)c1cc(OC)c(OC)c(OC)c1. The van der Waals surface area contributed by atoms with Gasteiger partial charge in [0.2, 0.25) is 5.75 Å². The molecule has 1 aromatic carbocycles. The monoisotopic (exact) mass is 406 g/mol. The number of benzene rings is 1. The molecular formula is C22H30O7. The molecule has 0 radical (unpaired) electrons. The quantitative estimate of drug-likeness (QED) is 0.654. The molecule has 1 aromatic rings. The highest BCUT2D eigenvalue weighted by Gasteiger charge is 2.38. The van der Waals surface area contributed by atoms with Crippen molar-refractivity contribution in [3.05, 3.63) is 29.0 Å². The van der Waals surface area contributed by atoms with Gasteiger partial charge in [0.15, 0.2) is 17.3 Å². The molecule has 0 saturated carbocycles. The maximum atomic E-state index is 12.9. The zero-order chi connectivity index (χ0) is 21.8. The summed E-state index contributed by atoms with van der Waals surface area (Å²) < 4.78 is 21.3. The molecule has 7 heteroatoms. The molecule has 0 heterocycles. The van der Waals surface area contributed by atoms with Crippen LogP contribution >= 0.6 is 0 Å². The Kier molecular flexibility index (Phi) is 7.16. The Morgan fingerprint density at radius 2 is 1.69 bits per heavy atom. The molecule has 0 aliphatic heterocycles. The maximum absolute atomic E-state index is 12.9. The van der Waals surface area contributed by atoms with E-state index in [1.807, 2.05) is 13.8 Å². The van der Waals surface area contributed by atoms with E-state index in [9.17, 15) is 14.7 Å². The van der Waals surface area contributed by atoms with Gasteiger partial charge in [-0.2, -0.15) is 0 Å². The lowest BCUT2D eigenvalue weighted by molar-refractivity contribution is -0.143. The van der Waals surface area contributed by atoms with Crippen molar-refractivity contribution in [2.75, 3.05) is 27.9 Å². The number of rotatable bonds is 8. The molecular weight excluding hydrogens is 376 g/mol. The Bertz CT molecular complexity index is 782. The number of aliphatic hydroxyl groups is 1. The Labute approximate surface area is 171 Å². The number of ether oxygens (including phenoxy) is 4. The van der Waals surface area contributed by atoms with Gasteiger partial charge >= 0.3 is 5.97 Å². The van der Waals surface area contributed by atoms with E-state index >= 15 is 0 Å². The Morgan fingerprint density at radius 3 is 2.14 bits per heavy atom. The van der Waals surface area contributed by atoms with Gasteiger partial charge in [-0.15, -0.1) is 0 Å². The maximum Gasteiger partial charge on any atom is 0.306 e. The third kappa shape index (κ3) is 5.02. The molecule has 0 fully saturated rings. The van der Waals surface area contributed by atoms with Crippen LogP contribution in [0.1, 0.15) is 51.5 Å². The number of hydrogen-bond acceptors (Lipinski definition) is 7. The third-order valence-corrected chi connectivity index (χ3v) is 5.01. The predicted molar refractivity (Wildman–Crippen MR) is 108 cm³/mol. The average Bonchev–Trinajstić information content (AvgIpc) is 2.64. The van der Waals surface area contributed by atoms with E-state index in [1.54, 1.807) is 19.1 Å². The Balaban J connectivity index is 2.63. The van der Waals surface area contributed by atoms with Gasteiger partial charge in [-0.3, -0.25) is 9.59 Å². The minimum atomic E-state index is -0.689. The number of methoxy groups -OCH3 is 3. The number of aliphatic hydroxyl groups excluding tert-OH is 1. The molecule has 0 aromatic heterocycles. The molecule has 1 aliphatic rings. The third-order valence-electron chi connectivity index (χ3n) is 5.01. The fraction of sp³-hybridized carbons (Fsp3) is 0.545. The van der Waals surface area contributed by atoms with Crippen molar-refractivity contribution in [2.45, 2.75) is 46.0 Å². The number of carbonyl (C=O) groups is 2. The fourth-order valence-electron chi connectivity index (χ4n) is 3.77. The van der Waals surface area contributed by atoms with Crippen LogP contribution in [0.4, 0.5) is 0 Å². The number of hydrogen-bond donors (Lipinski definition) is 1. The van der Waals surface area contributed by atoms with Gasteiger partial charge in [0, 0.05) is 24.3 Å². The number of Topliss-reactive ketones (excluding diaryl/α,β-unsaturated/α-hetero) is 1. The van der Waals surface area contributed by atoms with Crippen molar-refractivity contribution in [1.29, 1.82) is 0 Å². The molecule has 29 heavy (non-hydrogen) atoms. The van der Waals surface area contributed by atoms with Crippen molar-refractivity contribution in [2.24, 2.45) is 5.41 Å². The highest BCUT2D eigenvalue weighted by Crippen LogP contribution is 2.46. The summed E-state index contributed by atoms with van der Waals surface area (Å²) in [6, 6.07) is 3.39. The molecule has 0 bridgehead atoms. The molecule has 7 nitrogen and oxygen atoms in total. The van der Waals surface area contributed by atoms with E-state index in [0.29, 0.717) is 29.2 Å².